The van der Waals surface area contributed by atoms with E-state index in [1.807, 2.05) is 6.92 Å². The van der Waals surface area contributed by atoms with Crippen LogP contribution in [0.1, 0.15) is 25.3 Å². The summed E-state index contributed by atoms with van der Waals surface area (Å²) in [7, 11) is -1.93. The molecule has 1 unspecified atom stereocenters. The fraction of sp³-hybridized carbons (Fsp3) is 0.500. The molecule has 1 aliphatic heterocycles. The fourth-order valence-corrected chi connectivity index (χ4v) is 4.49. The summed E-state index contributed by atoms with van der Waals surface area (Å²) in [6.45, 7) is 2.58. The third-order valence-electron chi connectivity index (χ3n) is 3.72. The maximum Gasteiger partial charge on any atom is 0.307 e. The lowest BCUT2D eigenvalue weighted by molar-refractivity contribution is -0.142. The van der Waals surface area contributed by atoms with Crippen LogP contribution < -0.4 is 5.32 Å². The number of esters is 1. The predicted octanol–water partition coefficient (Wildman–Crippen LogP) is 1.23. The first-order chi connectivity index (χ1) is 9.45. The Labute approximate surface area is 119 Å². The van der Waals surface area contributed by atoms with Crippen LogP contribution in [0.25, 0.3) is 0 Å². The zero-order valence-electron chi connectivity index (χ0n) is 11.7. The van der Waals surface area contributed by atoms with E-state index in [0.717, 1.165) is 0 Å². The number of sulfone groups is 1. The van der Waals surface area contributed by atoms with Gasteiger partial charge in [-0.3, -0.25) is 4.79 Å². The molecular formula is C14H19NO4S. The van der Waals surface area contributed by atoms with E-state index in [-0.39, 0.29) is 18.1 Å². The van der Waals surface area contributed by atoms with E-state index in [1.165, 1.54) is 7.11 Å². The van der Waals surface area contributed by atoms with Crippen LogP contribution in [0.3, 0.4) is 0 Å². The Balaban J connectivity index is 2.56. The second kappa shape index (κ2) is 5.54. The second-order valence-corrected chi connectivity index (χ2v) is 7.01. The molecule has 0 fully saturated rings. The quantitative estimate of drug-likeness (QED) is 0.846. The van der Waals surface area contributed by atoms with Crippen molar-refractivity contribution in [2.75, 3.05) is 19.4 Å². The van der Waals surface area contributed by atoms with Gasteiger partial charge in [0, 0.05) is 0 Å². The lowest BCUT2D eigenvalue weighted by Gasteiger charge is -2.38. The van der Waals surface area contributed by atoms with Crippen molar-refractivity contribution in [1.29, 1.82) is 0 Å². The van der Waals surface area contributed by atoms with E-state index >= 15 is 0 Å². The van der Waals surface area contributed by atoms with Crippen LogP contribution in [-0.4, -0.2) is 33.8 Å². The number of fused-ring (bicyclic) bond motifs is 1. The van der Waals surface area contributed by atoms with Gasteiger partial charge in [-0.25, -0.2) is 8.42 Å². The van der Waals surface area contributed by atoms with Gasteiger partial charge in [-0.2, -0.15) is 0 Å². The van der Waals surface area contributed by atoms with Crippen molar-refractivity contribution in [2.24, 2.45) is 0 Å². The molecule has 0 aliphatic carbocycles. The average molecular weight is 297 g/mol. The van der Waals surface area contributed by atoms with Crippen molar-refractivity contribution in [2.45, 2.75) is 30.2 Å². The Kier molecular flexibility index (Phi) is 4.15. The van der Waals surface area contributed by atoms with E-state index in [0.29, 0.717) is 23.4 Å². The van der Waals surface area contributed by atoms with Crippen molar-refractivity contribution >= 4 is 15.8 Å². The molecule has 20 heavy (non-hydrogen) atoms. The first-order valence-corrected chi connectivity index (χ1v) is 8.24. The highest BCUT2D eigenvalue weighted by atomic mass is 32.2. The number of carbonyl (C=O) groups is 1. The summed E-state index contributed by atoms with van der Waals surface area (Å²) in [4.78, 5) is 12.0. The van der Waals surface area contributed by atoms with E-state index < -0.39 is 15.4 Å². The maximum absolute atomic E-state index is 12.2. The fourth-order valence-electron chi connectivity index (χ4n) is 2.77. The SMILES string of the molecule is CCNC1(CC(=O)OC)CCS(=O)(=O)c2ccccc21. The largest absolute Gasteiger partial charge is 0.469 e. The molecule has 0 radical (unpaired) electrons. The number of methoxy groups -OCH3 is 1. The van der Waals surface area contributed by atoms with E-state index in [4.69, 9.17) is 4.74 Å². The first-order valence-electron chi connectivity index (χ1n) is 6.59. The van der Waals surface area contributed by atoms with Gasteiger partial charge in [-0.1, -0.05) is 25.1 Å². The topological polar surface area (TPSA) is 72.5 Å². The summed E-state index contributed by atoms with van der Waals surface area (Å²) < 4.78 is 29.1. The summed E-state index contributed by atoms with van der Waals surface area (Å²) >= 11 is 0. The smallest absolute Gasteiger partial charge is 0.307 e. The van der Waals surface area contributed by atoms with Crippen molar-refractivity contribution in [3.05, 3.63) is 29.8 Å². The van der Waals surface area contributed by atoms with Crippen LogP contribution in [0, 0.1) is 0 Å². The van der Waals surface area contributed by atoms with Crippen molar-refractivity contribution in [3.8, 4) is 0 Å². The Hall–Kier alpha value is -1.40. The predicted molar refractivity (Wildman–Crippen MR) is 75.1 cm³/mol. The van der Waals surface area contributed by atoms with Crippen molar-refractivity contribution in [3.63, 3.8) is 0 Å². The summed E-state index contributed by atoms with van der Waals surface area (Å²) in [6, 6.07) is 6.88. The Morgan fingerprint density at radius 1 is 1.40 bits per heavy atom. The molecule has 5 nitrogen and oxygen atoms in total. The van der Waals surface area contributed by atoms with Gasteiger partial charge in [-0.15, -0.1) is 0 Å². The number of benzene rings is 1. The molecule has 1 aromatic carbocycles. The second-order valence-electron chi connectivity index (χ2n) is 4.93. The minimum atomic E-state index is -3.27. The Bertz CT molecular complexity index is 611. The van der Waals surface area contributed by atoms with E-state index in [2.05, 4.69) is 5.32 Å². The zero-order valence-corrected chi connectivity index (χ0v) is 12.5. The molecule has 1 aliphatic rings. The lowest BCUT2D eigenvalue weighted by atomic mass is 9.83. The molecule has 0 amide bonds. The molecule has 0 spiro atoms. The van der Waals surface area contributed by atoms with Gasteiger partial charge < -0.3 is 10.1 Å². The van der Waals surface area contributed by atoms with Crippen LogP contribution >= 0.6 is 0 Å². The molecular weight excluding hydrogens is 278 g/mol. The van der Waals surface area contributed by atoms with Crippen LogP contribution in [0.2, 0.25) is 0 Å². The molecule has 110 valence electrons. The molecule has 0 saturated carbocycles. The normalized spacial score (nSPS) is 23.9. The highest BCUT2D eigenvalue weighted by Crippen LogP contribution is 2.39. The molecule has 1 atom stereocenters. The number of nitrogens with one attached hydrogen (secondary N) is 1. The summed E-state index contributed by atoms with van der Waals surface area (Å²) in [5.74, 6) is -0.311. The number of rotatable bonds is 4. The highest BCUT2D eigenvalue weighted by molar-refractivity contribution is 7.91. The van der Waals surface area contributed by atoms with E-state index in [1.54, 1.807) is 24.3 Å². The monoisotopic (exact) mass is 297 g/mol. The minimum absolute atomic E-state index is 0.0357. The number of hydrogen-bond acceptors (Lipinski definition) is 5. The van der Waals surface area contributed by atoms with Gasteiger partial charge in [0.25, 0.3) is 0 Å². The summed E-state index contributed by atoms with van der Waals surface area (Å²) in [5.41, 5.74) is 0.00234. The maximum atomic E-state index is 12.2. The zero-order chi connectivity index (χ0) is 14.8. The minimum Gasteiger partial charge on any atom is -0.469 e. The molecule has 6 heteroatoms. The molecule has 0 bridgehead atoms. The van der Waals surface area contributed by atoms with Gasteiger partial charge >= 0.3 is 5.97 Å². The molecule has 1 heterocycles. The van der Waals surface area contributed by atoms with Crippen LogP contribution in [0.15, 0.2) is 29.2 Å². The third kappa shape index (κ3) is 2.58. The molecule has 2 rings (SSSR count). The average Bonchev–Trinajstić information content (AvgIpc) is 2.44. The standard InChI is InChI=1S/C14H19NO4S/c1-3-15-14(10-13(16)19-2)8-9-20(17,18)12-7-5-4-6-11(12)14/h4-7,15H,3,8-10H2,1-2H3. The first kappa shape index (κ1) is 15.0. The highest BCUT2D eigenvalue weighted by Gasteiger charge is 2.43. The molecule has 0 aromatic heterocycles. The van der Waals surface area contributed by atoms with Gasteiger partial charge in [0.1, 0.15) is 0 Å². The van der Waals surface area contributed by atoms with E-state index in [9.17, 15) is 13.2 Å². The number of hydrogen-bond donors (Lipinski definition) is 1. The third-order valence-corrected chi connectivity index (χ3v) is 5.49. The molecule has 1 aromatic rings. The molecule has 0 saturated heterocycles. The summed E-state index contributed by atoms with van der Waals surface area (Å²) in [5, 5.41) is 3.29. The van der Waals surface area contributed by atoms with Gasteiger partial charge in [0.2, 0.25) is 0 Å². The van der Waals surface area contributed by atoms with Gasteiger partial charge in [-0.05, 0) is 24.6 Å². The van der Waals surface area contributed by atoms with Gasteiger partial charge in [0.15, 0.2) is 9.84 Å². The Morgan fingerprint density at radius 2 is 2.10 bits per heavy atom. The Morgan fingerprint density at radius 3 is 2.75 bits per heavy atom. The van der Waals surface area contributed by atoms with Gasteiger partial charge in [0.05, 0.1) is 29.7 Å². The lowest BCUT2D eigenvalue weighted by Crippen LogP contribution is -2.48. The van der Waals surface area contributed by atoms with Crippen LogP contribution in [0.4, 0.5) is 0 Å². The molecule has 1 N–H and O–H groups in total. The van der Waals surface area contributed by atoms with Crippen LogP contribution in [0.5, 0.6) is 0 Å². The number of ether oxygens (including phenoxy) is 1. The van der Waals surface area contributed by atoms with Crippen molar-refractivity contribution in [1.82, 2.24) is 5.32 Å². The van der Waals surface area contributed by atoms with Crippen LogP contribution in [-0.2, 0) is 24.9 Å². The number of carbonyl (C=O) groups excluding carboxylic acids is 1. The van der Waals surface area contributed by atoms with Crippen molar-refractivity contribution < 1.29 is 17.9 Å². The summed E-state index contributed by atoms with van der Waals surface area (Å²) in [6.07, 6.45) is 0.499.